The summed E-state index contributed by atoms with van der Waals surface area (Å²) >= 11 is 6.40. The number of nitrogens with one attached hydrogen (secondary N) is 2. The molecule has 2 aromatic heterocycles. The van der Waals surface area contributed by atoms with Gasteiger partial charge in [0.2, 0.25) is 10.0 Å². The number of aromatic nitrogens is 3. The average Bonchev–Trinajstić information content (AvgIpc) is 3.27. The molecule has 1 aliphatic carbocycles. The number of anilines is 1. The second-order valence-corrected chi connectivity index (χ2v) is 10.1. The molecule has 1 spiro atoms. The molecule has 174 valence electrons. The summed E-state index contributed by atoms with van der Waals surface area (Å²) in [7, 11) is -3.70. The molecule has 3 heterocycles. The zero-order chi connectivity index (χ0) is 20.9. The van der Waals surface area contributed by atoms with Gasteiger partial charge >= 0.3 is 0 Å². The molecule has 1 saturated heterocycles. The highest BCUT2D eigenvalue weighted by molar-refractivity contribution is 7.89. The van der Waals surface area contributed by atoms with Gasteiger partial charge < -0.3 is 10.6 Å². The van der Waals surface area contributed by atoms with Gasteiger partial charge in [0, 0.05) is 17.5 Å². The van der Waals surface area contributed by atoms with Crippen LogP contribution < -0.4 is 15.8 Å². The van der Waals surface area contributed by atoms with E-state index in [1.54, 1.807) is 22.8 Å². The Bertz CT molecular complexity index is 1220. The number of rotatable bonds is 4. The normalized spacial score (nSPS) is 16.9. The van der Waals surface area contributed by atoms with Gasteiger partial charge in [-0.15, -0.1) is 24.8 Å². The molecule has 0 bridgehead atoms. The molecule has 0 saturated carbocycles. The lowest BCUT2D eigenvalue weighted by molar-refractivity contribution is 0.301. The fourth-order valence-electron chi connectivity index (χ4n) is 4.71. The Hall–Kier alpha value is -1.62. The monoisotopic (exact) mass is 518 g/mol. The van der Waals surface area contributed by atoms with Crippen molar-refractivity contribution in [1.29, 1.82) is 0 Å². The van der Waals surface area contributed by atoms with Crippen molar-refractivity contribution >= 4 is 57.9 Å². The minimum Gasteiger partial charge on any atom is -0.366 e. The molecule has 8 nitrogen and oxygen atoms in total. The fraction of sp³-hybridized carbons (Fsp3) is 0.400. The summed E-state index contributed by atoms with van der Waals surface area (Å²) in [6.07, 6.45) is 5.80. The number of fused-ring (bicyclic) bond motifs is 3. The van der Waals surface area contributed by atoms with Gasteiger partial charge in [-0.05, 0) is 56.5 Å². The van der Waals surface area contributed by atoms with E-state index in [9.17, 15) is 8.42 Å². The van der Waals surface area contributed by atoms with Crippen molar-refractivity contribution in [2.45, 2.75) is 42.5 Å². The Morgan fingerprint density at radius 1 is 1.16 bits per heavy atom. The minimum atomic E-state index is -3.70. The number of sulfonamides is 1. The fourth-order valence-corrected chi connectivity index (χ4v) is 5.40. The molecule has 1 fully saturated rings. The average molecular weight is 520 g/mol. The van der Waals surface area contributed by atoms with Crippen LogP contribution in [0.25, 0.3) is 5.65 Å². The lowest BCUT2D eigenvalue weighted by atomic mass is 9.77. The quantitative estimate of drug-likeness (QED) is 0.488. The van der Waals surface area contributed by atoms with Crippen LogP contribution in [0.4, 0.5) is 5.82 Å². The maximum atomic E-state index is 11.5. The molecule has 0 amide bonds. The van der Waals surface area contributed by atoms with E-state index in [4.69, 9.17) is 21.7 Å². The first kappa shape index (κ1) is 25.0. The summed E-state index contributed by atoms with van der Waals surface area (Å²) < 4.78 is 24.7. The number of hydrogen-bond donors (Lipinski definition) is 3. The van der Waals surface area contributed by atoms with Crippen LogP contribution in [0.3, 0.4) is 0 Å². The zero-order valence-corrected chi connectivity index (χ0v) is 20.4. The Morgan fingerprint density at radius 2 is 1.84 bits per heavy atom. The van der Waals surface area contributed by atoms with Crippen molar-refractivity contribution in [3.8, 4) is 0 Å². The standard InChI is InChI=1S/C20H23ClN6O2S.2ClH/c21-16-12-25-27-18(24-11-13-1-3-14(4-2-13)30(22,28)29)15-5-6-20(7-9-23-10-8-20)17(15)26-19(16)27;;/h1-4,12,23-24H,5-11H2,(H2,22,28,29);2*1H. The molecule has 0 unspecified atom stereocenters. The van der Waals surface area contributed by atoms with Gasteiger partial charge in [0.15, 0.2) is 5.65 Å². The van der Waals surface area contributed by atoms with E-state index < -0.39 is 10.0 Å². The van der Waals surface area contributed by atoms with E-state index in [2.05, 4.69) is 15.7 Å². The molecule has 0 atom stereocenters. The summed E-state index contributed by atoms with van der Waals surface area (Å²) in [6.45, 7) is 2.51. The van der Waals surface area contributed by atoms with E-state index in [1.807, 2.05) is 0 Å². The third-order valence-corrected chi connectivity index (χ3v) is 7.53. The smallest absolute Gasteiger partial charge is 0.238 e. The zero-order valence-electron chi connectivity index (χ0n) is 17.2. The third kappa shape index (κ3) is 4.30. The van der Waals surface area contributed by atoms with Crippen LogP contribution in [0.2, 0.25) is 5.02 Å². The van der Waals surface area contributed by atoms with Crippen LogP contribution in [-0.4, -0.2) is 36.1 Å². The first-order chi connectivity index (χ1) is 14.4. The van der Waals surface area contributed by atoms with Crippen molar-refractivity contribution in [2.75, 3.05) is 18.4 Å². The highest BCUT2D eigenvalue weighted by Gasteiger charge is 2.43. The van der Waals surface area contributed by atoms with Crippen molar-refractivity contribution < 1.29 is 8.42 Å². The molecule has 1 aromatic carbocycles. The molecule has 4 N–H and O–H groups in total. The summed E-state index contributed by atoms with van der Waals surface area (Å²) in [6, 6.07) is 6.56. The van der Waals surface area contributed by atoms with Crippen LogP contribution in [0.5, 0.6) is 0 Å². The van der Waals surface area contributed by atoms with Crippen LogP contribution >= 0.6 is 36.4 Å². The topological polar surface area (TPSA) is 114 Å². The van der Waals surface area contributed by atoms with Crippen molar-refractivity contribution in [3.05, 3.63) is 52.3 Å². The van der Waals surface area contributed by atoms with E-state index in [-0.39, 0.29) is 35.1 Å². The van der Waals surface area contributed by atoms with Crippen molar-refractivity contribution in [3.63, 3.8) is 0 Å². The van der Waals surface area contributed by atoms with Crippen molar-refractivity contribution in [1.82, 2.24) is 19.9 Å². The first-order valence-electron chi connectivity index (χ1n) is 10.0. The Balaban J connectivity index is 0.00000144. The predicted octanol–water partition coefficient (Wildman–Crippen LogP) is 3.05. The van der Waals surface area contributed by atoms with Crippen LogP contribution in [0, 0.1) is 0 Å². The molecular weight excluding hydrogens is 495 g/mol. The van der Waals surface area contributed by atoms with Gasteiger partial charge in [0.05, 0.1) is 16.8 Å². The summed E-state index contributed by atoms with van der Waals surface area (Å²) in [5.74, 6) is 0.910. The number of nitrogens with two attached hydrogens (primary N) is 1. The maximum absolute atomic E-state index is 11.5. The first-order valence-corrected chi connectivity index (χ1v) is 11.9. The molecular formula is C20H25Cl3N6O2S. The highest BCUT2D eigenvalue weighted by Crippen LogP contribution is 2.46. The molecule has 5 rings (SSSR count). The van der Waals surface area contributed by atoms with Gasteiger partial charge in [0.1, 0.15) is 10.8 Å². The van der Waals surface area contributed by atoms with Crippen LogP contribution in [-0.2, 0) is 28.4 Å². The Kier molecular flexibility index (Phi) is 7.29. The summed E-state index contributed by atoms with van der Waals surface area (Å²) in [5, 5.41) is 17.1. The second kappa shape index (κ2) is 9.32. The number of nitrogens with zero attached hydrogens (tertiary/aromatic N) is 3. The lowest BCUT2D eigenvalue weighted by Crippen LogP contribution is -2.39. The van der Waals surface area contributed by atoms with Gasteiger partial charge in [-0.2, -0.15) is 9.61 Å². The molecule has 1 aliphatic heterocycles. The molecule has 3 aromatic rings. The molecule has 0 radical (unpaired) electrons. The van der Waals surface area contributed by atoms with Crippen LogP contribution in [0.1, 0.15) is 36.1 Å². The Labute approximate surface area is 204 Å². The van der Waals surface area contributed by atoms with E-state index in [1.165, 1.54) is 17.7 Å². The lowest BCUT2D eigenvalue weighted by Gasteiger charge is -2.34. The molecule has 12 heteroatoms. The van der Waals surface area contributed by atoms with E-state index in [0.717, 1.165) is 55.8 Å². The summed E-state index contributed by atoms with van der Waals surface area (Å²) in [5.41, 5.74) is 4.05. The van der Waals surface area contributed by atoms with E-state index >= 15 is 0 Å². The third-order valence-electron chi connectivity index (χ3n) is 6.33. The number of primary sulfonamides is 1. The Morgan fingerprint density at radius 3 is 2.50 bits per heavy atom. The van der Waals surface area contributed by atoms with Gasteiger partial charge in [0.25, 0.3) is 0 Å². The molecule has 32 heavy (non-hydrogen) atoms. The number of hydrogen-bond acceptors (Lipinski definition) is 6. The van der Waals surface area contributed by atoms with Crippen LogP contribution in [0.15, 0.2) is 35.4 Å². The largest absolute Gasteiger partial charge is 0.366 e. The predicted molar refractivity (Wildman–Crippen MR) is 130 cm³/mol. The number of piperidine rings is 1. The minimum absolute atomic E-state index is 0. The van der Waals surface area contributed by atoms with Gasteiger partial charge in [-0.25, -0.2) is 18.5 Å². The maximum Gasteiger partial charge on any atom is 0.238 e. The van der Waals surface area contributed by atoms with Crippen molar-refractivity contribution in [2.24, 2.45) is 5.14 Å². The van der Waals surface area contributed by atoms with Gasteiger partial charge in [-0.1, -0.05) is 23.7 Å². The molecule has 2 aliphatic rings. The SMILES string of the molecule is Cl.Cl.NS(=O)(=O)c1ccc(CNc2c3c(nc4c(Cl)cnn24)C2(CCNCC2)CC3)cc1. The second-order valence-electron chi connectivity index (χ2n) is 8.09. The number of halogens is 3. The number of benzene rings is 1. The summed E-state index contributed by atoms with van der Waals surface area (Å²) in [4.78, 5) is 5.07. The highest BCUT2D eigenvalue weighted by atomic mass is 35.5. The van der Waals surface area contributed by atoms with E-state index in [0.29, 0.717) is 17.2 Å². The van der Waals surface area contributed by atoms with Gasteiger partial charge in [-0.3, -0.25) is 0 Å².